The summed E-state index contributed by atoms with van der Waals surface area (Å²) in [7, 11) is 0. The summed E-state index contributed by atoms with van der Waals surface area (Å²) in [5, 5.41) is 6.27. The van der Waals surface area contributed by atoms with Crippen molar-refractivity contribution >= 4 is 40.6 Å². The highest BCUT2D eigenvalue weighted by atomic mass is 35.5. The molecule has 0 amide bonds. The maximum atomic E-state index is 6.16. The van der Waals surface area contributed by atoms with E-state index >= 15 is 0 Å². The van der Waals surface area contributed by atoms with Gasteiger partial charge in [-0.15, -0.1) is 5.10 Å². The van der Waals surface area contributed by atoms with E-state index < -0.39 is 0 Å². The average molecular weight is 376 g/mol. The van der Waals surface area contributed by atoms with Gasteiger partial charge in [0.1, 0.15) is 6.33 Å². The van der Waals surface area contributed by atoms with Crippen molar-refractivity contribution in [2.24, 2.45) is 0 Å². The summed E-state index contributed by atoms with van der Waals surface area (Å²) in [6.07, 6.45) is 5.40. The molecular formula is C16H11Cl2N5S. The van der Waals surface area contributed by atoms with Crippen LogP contribution in [-0.4, -0.2) is 24.1 Å². The van der Waals surface area contributed by atoms with Crippen LogP contribution in [0.5, 0.6) is 0 Å². The molecule has 0 spiro atoms. The van der Waals surface area contributed by atoms with Crippen LogP contribution in [0.2, 0.25) is 10.0 Å². The molecule has 120 valence electrons. The second-order valence-electron chi connectivity index (χ2n) is 5.07. The fourth-order valence-electron chi connectivity index (χ4n) is 2.30. The molecule has 4 rings (SSSR count). The summed E-state index contributed by atoms with van der Waals surface area (Å²) < 4.78 is 3.58. The predicted octanol–water partition coefficient (Wildman–Crippen LogP) is 4.51. The van der Waals surface area contributed by atoms with Crippen LogP contribution in [0.15, 0.2) is 60.3 Å². The molecule has 0 N–H and O–H groups in total. The lowest BCUT2D eigenvalue weighted by Crippen LogP contribution is -1.93. The first kappa shape index (κ1) is 15.5. The lowest BCUT2D eigenvalue weighted by molar-refractivity contribution is 0.834. The number of nitrogens with zero attached hydrogens (tertiary/aromatic N) is 5. The lowest BCUT2D eigenvalue weighted by Gasteiger charge is -1.97. The second kappa shape index (κ2) is 6.47. The number of pyridine rings is 1. The Morgan fingerprint density at radius 3 is 2.75 bits per heavy atom. The number of aromatic nitrogens is 5. The lowest BCUT2D eigenvalue weighted by atomic mass is 10.3. The molecule has 0 aliphatic heterocycles. The number of imidazole rings is 1. The Hall–Kier alpha value is -2.02. The highest BCUT2D eigenvalue weighted by Gasteiger charge is 2.09. The summed E-state index contributed by atoms with van der Waals surface area (Å²) in [5.41, 5.74) is 2.56. The predicted molar refractivity (Wildman–Crippen MR) is 96.1 cm³/mol. The minimum Gasteiger partial charge on any atom is -0.304 e. The van der Waals surface area contributed by atoms with Gasteiger partial charge in [0.25, 0.3) is 0 Å². The Morgan fingerprint density at radius 1 is 1.08 bits per heavy atom. The van der Waals surface area contributed by atoms with Gasteiger partial charge in [0.15, 0.2) is 5.65 Å². The van der Waals surface area contributed by atoms with Crippen molar-refractivity contribution in [3.8, 4) is 5.69 Å². The van der Waals surface area contributed by atoms with Gasteiger partial charge in [-0.25, -0.2) is 14.6 Å². The van der Waals surface area contributed by atoms with Crippen LogP contribution in [0.1, 0.15) is 5.69 Å². The molecule has 3 aromatic heterocycles. The largest absolute Gasteiger partial charge is 0.304 e. The third-order valence-corrected chi connectivity index (χ3v) is 4.73. The molecule has 4 aromatic rings. The molecule has 24 heavy (non-hydrogen) atoms. The SMILES string of the molecule is Clc1cc(Cl)c2nc(CSc3ncn(-c4ccccc4)n3)cn2c1. The van der Waals surface area contributed by atoms with Gasteiger partial charge in [-0.3, -0.25) is 0 Å². The maximum absolute atomic E-state index is 6.16. The Balaban J connectivity index is 1.51. The number of rotatable bonds is 4. The number of benzene rings is 1. The van der Waals surface area contributed by atoms with E-state index in [0.717, 1.165) is 11.4 Å². The molecule has 0 saturated heterocycles. The molecule has 0 bridgehead atoms. The first-order valence-electron chi connectivity index (χ1n) is 7.11. The average Bonchev–Trinajstić information content (AvgIpc) is 3.20. The molecule has 0 saturated carbocycles. The van der Waals surface area contributed by atoms with Gasteiger partial charge in [-0.2, -0.15) is 0 Å². The molecule has 5 nitrogen and oxygen atoms in total. The molecule has 8 heteroatoms. The van der Waals surface area contributed by atoms with Crippen molar-refractivity contribution < 1.29 is 0 Å². The molecule has 0 radical (unpaired) electrons. The molecular weight excluding hydrogens is 365 g/mol. The highest BCUT2D eigenvalue weighted by molar-refractivity contribution is 7.98. The van der Waals surface area contributed by atoms with Gasteiger partial charge in [0.2, 0.25) is 5.16 Å². The van der Waals surface area contributed by atoms with Crippen LogP contribution in [0, 0.1) is 0 Å². The Kier molecular flexibility index (Phi) is 4.18. The number of fused-ring (bicyclic) bond motifs is 1. The zero-order valence-corrected chi connectivity index (χ0v) is 14.6. The van der Waals surface area contributed by atoms with Crippen LogP contribution in [0.4, 0.5) is 0 Å². The highest BCUT2D eigenvalue weighted by Crippen LogP contribution is 2.24. The first-order chi connectivity index (χ1) is 11.7. The Bertz CT molecular complexity index is 996. The van der Waals surface area contributed by atoms with Gasteiger partial charge < -0.3 is 4.40 Å². The van der Waals surface area contributed by atoms with E-state index in [2.05, 4.69) is 15.1 Å². The minimum absolute atomic E-state index is 0.533. The van der Waals surface area contributed by atoms with Crippen LogP contribution < -0.4 is 0 Å². The third-order valence-electron chi connectivity index (χ3n) is 3.36. The molecule has 0 unspecified atom stereocenters. The first-order valence-corrected chi connectivity index (χ1v) is 8.86. The van der Waals surface area contributed by atoms with Gasteiger partial charge >= 0.3 is 0 Å². The van der Waals surface area contributed by atoms with E-state index in [9.17, 15) is 0 Å². The number of para-hydroxylation sites is 1. The summed E-state index contributed by atoms with van der Waals surface area (Å²) >= 11 is 13.7. The molecule has 3 heterocycles. The van der Waals surface area contributed by atoms with Crippen LogP contribution >= 0.6 is 35.0 Å². The van der Waals surface area contributed by atoms with E-state index in [-0.39, 0.29) is 0 Å². The van der Waals surface area contributed by atoms with Crippen molar-refractivity contribution in [2.45, 2.75) is 10.9 Å². The maximum Gasteiger partial charge on any atom is 0.209 e. The number of hydrogen-bond acceptors (Lipinski definition) is 4. The van der Waals surface area contributed by atoms with Crippen molar-refractivity contribution in [2.75, 3.05) is 0 Å². The third kappa shape index (κ3) is 3.13. The Morgan fingerprint density at radius 2 is 1.92 bits per heavy atom. The van der Waals surface area contributed by atoms with Gasteiger partial charge in [-0.05, 0) is 18.2 Å². The van der Waals surface area contributed by atoms with Crippen molar-refractivity contribution in [1.29, 1.82) is 0 Å². The topological polar surface area (TPSA) is 48.0 Å². The van der Waals surface area contributed by atoms with Gasteiger partial charge in [0, 0.05) is 18.1 Å². The molecule has 1 aromatic carbocycles. The van der Waals surface area contributed by atoms with Crippen molar-refractivity contribution in [1.82, 2.24) is 24.1 Å². The van der Waals surface area contributed by atoms with E-state index in [1.54, 1.807) is 23.3 Å². The van der Waals surface area contributed by atoms with Gasteiger partial charge in [0.05, 0.1) is 21.4 Å². The zero-order valence-electron chi connectivity index (χ0n) is 12.3. The molecule has 0 atom stereocenters. The monoisotopic (exact) mass is 375 g/mol. The smallest absolute Gasteiger partial charge is 0.209 e. The quantitative estimate of drug-likeness (QED) is 0.492. The number of thioether (sulfide) groups is 1. The fraction of sp³-hybridized carbons (Fsp3) is 0.0625. The van der Waals surface area contributed by atoms with E-state index in [0.29, 0.717) is 26.6 Å². The fourth-order valence-corrected chi connectivity index (χ4v) is 3.51. The number of hydrogen-bond donors (Lipinski definition) is 0. The van der Waals surface area contributed by atoms with Crippen molar-refractivity contribution in [3.63, 3.8) is 0 Å². The molecule has 0 aliphatic rings. The van der Waals surface area contributed by atoms with E-state index in [1.807, 2.05) is 40.9 Å². The Labute approximate surface area is 152 Å². The summed E-state index contributed by atoms with van der Waals surface area (Å²) in [4.78, 5) is 8.85. The molecule has 0 fully saturated rings. The van der Waals surface area contributed by atoms with Gasteiger partial charge in [-0.1, -0.05) is 53.2 Å². The summed E-state index contributed by atoms with van der Waals surface area (Å²) in [6.45, 7) is 0. The van der Waals surface area contributed by atoms with Crippen LogP contribution in [0.25, 0.3) is 11.3 Å². The minimum atomic E-state index is 0.533. The number of halogens is 2. The zero-order chi connectivity index (χ0) is 16.5. The van der Waals surface area contributed by atoms with Crippen LogP contribution in [0.3, 0.4) is 0 Å². The standard InChI is InChI=1S/C16H11Cl2N5S/c17-11-6-14(18)15-20-12(8-22(15)7-11)9-24-16-19-10-23(21-16)13-4-2-1-3-5-13/h1-8,10H,9H2. The van der Waals surface area contributed by atoms with E-state index in [1.165, 1.54) is 11.8 Å². The normalized spacial score (nSPS) is 11.2. The summed E-state index contributed by atoms with van der Waals surface area (Å²) in [6, 6.07) is 11.6. The van der Waals surface area contributed by atoms with Crippen LogP contribution in [-0.2, 0) is 5.75 Å². The van der Waals surface area contributed by atoms with Crippen molar-refractivity contribution in [3.05, 3.63) is 70.9 Å². The second-order valence-corrected chi connectivity index (χ2v) is 6.85. The van der Waals surface area contributed by atoms with E-state index in [4.69, 9.17) is 23.2 Å². The molecule has 0 aliphatic carbocycles. The summed E-state index contributed by atoms with van der Waals surface area (Å²) in [5.74, 6) is 0.647.